The van der Waals surface area contributed by atoms with E-state index >= 15 is 0 Å². The molecule has 6 nitrogen and oxygen atoms in total. The molecule has 1 aliphatic heterocycles. The number of pyridine rings is 1. The number of ketones is 1. The number of carbonyl (C=O) groups is 1. The monoisotopic (exact) mass is 341 g/mol. The summed E-state index contributed by atoms with van der Waals surface area (Å²) in [6.45, 7) is 3.01. The van der Waals surface area contributed by atoms with Gasteiger partial charge < -0.3 is 14.7 Å². The number of phenolic OH excluding ortho intramolecular Hbond substituents is 1. The summed E-state index contributed by atoms with van der Waals surface area (Å²) < 4.78 is 6.22. The second kappa shape index (κ2) is 6.18. The first-order chi connectivity index (χ1) is 11.7. The van der Waals surface area contributed by atoms with Crippen molar-refractivity contribution >= 4 is 32.6 Å². The van der Waals surface area contributed by atoms with Crippen molar-refractivity contribution in [2.24, 2.45) is 0 Å². The fourth-order valence-electron chi connectivity index (χ4n) is 2.64. The van der Waals surface area contributed by atoms with Gasteiger partial charge in [-0.25, -0.2) is 4.98 Å². The number of nitrogens with zero attached hydrogens (tertiary/aromatic N) is 3. The number of rotatable bonds is 3. The highest BCUT2D eigenvalue weighted by Crippen LogP contribution is 2.29. The quantitative estimate of drug-likeness (QED) is 0.738. The molecule has 24 heavy (non-hydrogen) atoms. The van der Waals surface area contributed by atoms with Gasteiger partial charge in [-0.1, -0.05) is 23.5 Å². The molecule has 0 unspecified atom stereocenters. The van der Waals surface area contributed by atoms with Crippen molar-refractivity contribution in [2.45, 2.75) is 0 Å². The number of carbonyl (C=O) groups excluding carboxylic acids is 1. The standard InChI is InChI=1S/C17H15N3O3S/c21-13-4-2-1-3-12(13)15(22)11-9-14-16(18-10-11)19-17(24-14)20-5-7-23-8-6-20/h1-4,9-10,21H,5-8H2. The minimum Gasteiger partial charge on any atom is -0.507 e. The Morgan fingerprint density at radius 2 is 2.04 bits per heavy atom. The molecule has 3 aromatic rings. The van der Waals surface area contributed by atoms with Crippen LogP contribution in [0.15, 0.2) is 36.5 Å². The zero-order valence-corrected chi connectivity index (χ0v) is 13.6. The topological polar surface area (TPSA) is 75.6 Å². The van der Waals surface area contributed by atoms with Crippen molar-refractivity contribution < 1.29 is 14.6 Å². The molecule has 0 atom stereocenters. The van der Waals surface area contributed by atoms with Gasteiger partial charge in [0.25, 0.3) is 0 Å². The number of thiazole rings is 1. The van der Waals surface area contributed by atoms with Crippen molar-refractivity contribution in [2.75, 3.05) is 31.2 Å². The Balaban J connectivity index is 1.68. The minimum absolute atomic E-state index is 0.0269. The number of aromatic hydroxyl groups is 1. The summed E-state index contributed by atoms with van der Waals surface area (Å²) in [6.07, 6.45) is 1.51. The second-order valence-electron chi connectivity index (χ2n) is 5.49. The van der Waals surface area contributed by atoms with Crippen LogP contribution in [0.1, 0.15) is 15.9 Å². The first kappa shape index (κ1) is 15.0. The van der Waals surface area contributed by atoms with Gasteiger partial charge in [0, 0.05) is 24.8 Å². The van der Waals surface area contributed by atoms with E-state index in [9.17, 15) is 9.90 Å². The second-order valence-corrected chi connectivity index (χ2v) is 6.50. The van der Waals surface area contributed by atoms with Gasteiger partial charge in [-0.05, 0) is 18.2 Å². The largest absolute Gasteiger partial charge is 0.507 e. The maximum Gasteiger partial charge on any atom is 0.198 e. The van der Waals surface area contributed by atoms with Gasteiger partial charge in [-0.15, -0.1) is 0 Å². The third-order valence-corrected chi connectivity index (χ3v) is 4.98. The number of phenols is 1. The first-order valence-corrected chi connectivity index (χ1v) is 8.46. The summed E-state index contributed by atoms with van der Waals surface area (Å²) in [7, 11) is 0. The van der Waals surface area contributed by atoms with E-state index in [4.69, 9.17) is 4.74 Å². The molecule has 3 heterocycles. The molecule has 0 bridgehead atoms. The highest BCUT2D eigenvalue weighted by molar-refractivity contribution is 7.22. The van der Waals surface area contributed by atoms with E-state index in [1.165, 1.54) is 23.6 Å². The van der Waals surface area contributed by atoms with Crippen LogP contribution in [0.4, 0.5) is 5.13 Å². The van der Waals surface area contributed by atoms with Crippen LogP contribution in [0.3, 0.4) is 0 Å². The maximum atomic E-state index is 12.6. The van der Waals surface area contributed by atoms with Crippen LogP contribution in [0, 0.1) is 0 Å². The summed E-state index contributed by atoms with van der Waals surface area (Å²) in [4.78, 5) is 23.6. The fraction of sp³-hybridized carbons (Fsp3) is 0.235. The predicted octanol–water partition coefficient (Wildman–Crippen LogP) is 2.46. The molecule has 1 saturated heterocycles. The average molecular weight is 341 g/mol. The number of aromatic nitrogens is 2. The molecule has 0 saturated carbocycles. The van der Waals surface area contributed by atoms with E-state index in [0.717, 1.165) is 22.9 Å². The normalized spacial score (nSPS) is 14.9. The third-order valence-electron chi connectivity index (χ3n) is 3.93. The van der Waals surface area contributed by atoms with E-state index in [-0.39, 0.29) is 17.1 Å². The molecule has 0 amide bonds. The lowest BCUT2D eigenvalue weighted by Crippen LogP contribution is -2.36. The van der Waals surface area contributed by atoms with Crippen molar-refractivity contribution in [3.8, 4) is 5.75 Å². The number of hydrogen-bond acceptors (Lipinski definition) is 7. The Hall–Kier alpha value is -2.51. The van der Waals surface area contributed by atoms with Crippen LogP contribution in [-0.2, 0) is 4.74 Å². The van der Waals surface area contributed by atoms with Gasteiger partial charge in [0.15, 0.2) is 16.6 Å². The summed E-state index contributed by atoms with van der Waals surface area (Å²) >= 11 is 1.52. The fourth-order valence-corrected chi connectivity index (χ4v) is 3.66. The number of hydrogen-bond donors (Lipinski definition) is 1. The van der Waals surface area contributed by atoms with Gasteiger partial charge in [-0.3, -0.25) is 4.79 Å². The number of fused-ring (bicyclic) bond motifs is 1. The lowest BCUT2D eigenvalue weighted by Gasteiger charge is -2.25. The van der Waals surface area contributed by atoms with Crippen molar-refractivity contribution in [3.05, 3.63) is 47.7 Å². The minimum atomic E-state index is -0.246. The molecule has 1 aliphatic rings. The molecule has 0 radical (unpaired) electrons. The van der Waals surface area contributed by atoms with Crippen molar-refractivity contribution in [1.29, 1.82) is 0 Å². The molecular formula is C17H15N3O3S. The lowest BCUT2D eigenvalue weighted by molar-refractivity contribution is 0.103. The molecule has 0 spiro atoms. The van der Waals surface area contributed by atoms with E-state index in [2.05, 4.69) is 14.9 Å². The Kier molecular flexibility index (Phi) is 3.87. The molecule has 0 aliphatic carbocycles. The van der Waals surface area contributed by atoms with Crippen LogP contribution < -0.4 is 4.90 Å². The zero-order chi connectivity index (χ0) is 16.5. The van der Waals surface area contributed by atoms with Gasteiger partial charge in [0.1, 0.15) is 5.75 Å². The molecule has 122 valence electrons. The Bertz CT molecular complexity index is 903. The number of anilines is 1. The number of ether oxygens (including phenoxy) is 1. The molecule has 1 fully saturated rings. The molecule has 1 aromatic carbocycles. The third kappa shape index (κ3) is 2.72. The van der Waals surface area contributed by atoms with Crippen molar-refractivity contribution in [3.63, 3.8) is 0 Å². The van der Waals surface area contributed by atoms with Gasteiger partial charge in [-0.2, -0.15) is 4.98 Å². The smallest absolute Gasteiger partial charge is 0.198 e. The predicted molar refractivity (Wildman–Crippen MR) is 92.0 cm³/mol. The number of para-hydroxylation sites is 1. The zero-order valence-electron chi connectivity index (χ0n) is 12.8. The molecule has 2 aromatic heterocycles. The highest BCUT2D eigenvalue weighted by Gasteiger charge is 2.18. The van der Waals surface area contributed by atoms with Gasteiger partial charge >= 0.3 is 0 Å². The number of benzene rings is 1. The van der Waals surface area contributed by atoms with Crippen molar-refractivity contribution in [1.82, 2.24) is 9.97 Å². The van der Waals surface area contributed by atoms with Crippen LogP contribution in [0.2, 0.25) is 0 Å². The summed E-state index contributed by atoms with van der Waals surface area (Å²) in [5.74, 6) is -0.273. The first-order valence-electron chi connectivity index (χ1n) is 7.64. The van der Waals surface area contributed by atoms with Crippen LogP contribution >= 0.6 is 11.3 Å². The lowest BCUT2D eigenvalue weighted by atomic mass is 10.0. The summed E-state index contributed by atoms with van der Waals surface area (Å²) in [6, 6.07) is 8.31. The van der Waals surface area contributed by atoms with E-state index in [1.807, 2.05) is 0 Å². The Morgan fingerprint density at radius 1 is 1.25 bits per heavy atom. The van der Waals surface area contributed by atoms with Crippen LogP contribution in [0.25, 0.3) is 10.3 Å². The van der Waals surface area contributed by atoms with E-state index in [0.29, 0.717) is 24.4 Å². The van der Waals surface area contributed by atoms with E-state index in [1.54, 1.807) is 24.3 Å². The summed E-state index contributed by atoms with van der Waals surface area (Å²) in [5.41, 5.74) is 1.35. The maximum absolute atomic E-state index is 12.6. The van der Waals surface area contributed by atoms with E-state index < -0.39 is 0 Å². The SMILES string of the molecule is O=C(c1cnc2nc(N3CCOCC3)sc2c1)c1ccccc1O. The van der Waals surface area contributed by atoms with Crippen LogP contribution in [-0.4, -0.2) is 47.2 Å². The Morgan fingerprint density at radius 3 is 2.83 bits per heavy atom. The summed E-state index contributed by atoms with van der Waals surface area (Å²) in [5, 5.41) is 10.8. The highest BCUT2D eigenvalue weighted by atomic mass is 32.1. The van der Waals surface area contributed by atoms with Gasteiger partial charge in [0.05, 0.1) is 23.5 Å². The van der Waals surface area contributed by atoms with Gasteiger partial charge in [0.2, 0.25) is 0 Å². The molecule has 1 N–H and O–H groups in total. The molecule has 7 heteroatoms. The average Bonchev–Trinajstić information content (AvgIpc) is 3.05. The van der Waals surface area contributed by atoms with Crippen LogP contribution in [0.5, 0.6) is 5.75 Å². The molecular weight excluding hydrogens is 326 g/mol. The molecule has 4 rings (SSSR count). The Labute approximate surface area is 142 Å². The number of morpholine rings is 1.